The van der Waals surface area contributed by atoms with Gasteiger partial charge in [-0.15, -0.1) is 0 Å². The summed E-state index contributed by atoms with van der Waals surface area (Å²) in [5, 5.41) is 11.2. The Labute approximate surface area is 168 Å². The minimum atomic E-state index is -0.311. The van der Waals surface area contributed by atoms with Crippen LogP contribution in [0, 0.1) is 0 Å². The largest absolute Gasteiger partial charge is 0.503 e. The molecule has 5 nitrogen and oxygen atoms in total. The molecule has 0 saturated heterocycles. The number of benzene rings is 2. The van der Waals surface area contributed by atoms with Crippen LogP contribution in [0.2, 0.25) is 0 Å². The second-order valence-electron chi connectivity index (χ2n) is 6.80. The van der Waals surface area contributed by atoms with Gasteiger partial charge in [-0.2, -0.15) is 0 Å². The third-order valence-corrected chi connectivity index (χ3v) is 4.78. The second-order valence-corrected chi connectivity index (χ2v) is 6.80. The standard InChI is InChI=1S/C24H20N2O3/c1-29-22-11-12-25-23(24(22)28)21(27)15-19-9-8-18-14-17(7-10-20(18)26-19)13-16-5-3-2-4-6-16/h2-12,14,28H,13,15H2,1H3. The molecule has 0 saturated carbocycles. The molecule has 144 valence electrons. The Kier molecular flexibility index (Phi) is 5.20. The number of aromatic nitrogens is 2. The number of hydrogen-bond donors (Lipinski definition) is 1. The highest BCUT2D eigenvalue weighted by Crippen LogP contribution is 2.28. The van der Waals surface area contributed by atoms with Crippen molar-refractivity contribution in [3.63, 3.8) is 0 Å². The minimum Gasteiger partial charge on any atom is -0.503 e. The molecular formula is C24H20N2O3. The number of hydrogen-bond acceptors (Lipinski definition) is 5. The van der Waals surface area contributed by atoms with Gasteiger partial charge >= 0.3 is 0 Å². The molecule has 2 heterocycles. The molecule has 0 unspecified atom stereocenters. The number of fused-ring (bicyclic) bond motifs is 1. The van der Waals surface area contributed by atoms with E-state index in [2.05, 4.69) is 34.2 Å². The van der Waals surface area contributed by atoms with E-state index in [1.165, 1.54) is 30.5 Å². The number of methoxy groups -OCH3 is 1. The molecule has 2 aromatic heterocycles. The highest BCUT2D eigenvalue weighted by Gasteiger charge is 2.17. The molecule has 2 aromatic carbocycles. The monoisotopic (exact) mass is 384 g/mol. The van der Waals surface area contributed by atoms with Crippen LogP contribution in [0.15, 0.2) is 72.9 Å². The summed E-state index contributed by atoms with van der Waals surface area (Å²) >= 11 is 0. The number of ketones is 1. The second kappa shape index (κ2) is 8.10. The smallest absolute Gasteiger partial charge is 0.191 e. The Hall–Kier alpha value is -3.73. The Balaban J connectivity index is 1.55. The number of carbonyl (C=O) groups is 1. The van der Waals surface area contributed by atoms with E-state index in [1.54, 1.807) is 0 Å². The molecule has 0 fully saturated rings. The van der Waals surface area contributed by atoms with Gasteiger partial charge < -0.3 is 9.84 Å². The molecule has 0 aliphatic heterocycles. The number of carbonyl (C=O) groups excluding carboxylic acids is 1. The molecular weight excluding hydrogens is 364 g/mol. The zero-order valence-electron chi connectivity index (χ0n) is 16.0. The number of ether oxygens (including phenoxy) is 1. The van der Waals surface area contributed by atoms with E-state index in [-0.39, 0.29) is 29.4 Å². The Morgan fingerprint density at radius 3 is 2.62 bits per heavy atom. The maximum atomic E-state index is 12.6. The summed E-state index contributed by atoms with van der Waals surface area (Å²) in [7, 11) is 1.43. The van der Waals surface area contributed by atoms with Gasteiger partial charge in [0, 0.05) is 23.3 Å². The predicted molar refractivity (Wildman–Crippen MR) is 111 cm³/mol. The lowest BCUT2D eigenvalue weighted by Crippen LogP contribution is -2.08. The van der Waals surface area contributed by atoms with Gasteiger partial charge in [-0.05, 0) is 35.7 Å². The maximum Gasteiger partial charge on any atom is 0.191 e. The summed E-state index contributed by atoms with van der Waals surface area (Å²) in [6.45, 7) is 0. The van der Waals surface area contributed by atoms with Crippen LogP contribution in [0.1, 0.15) is 27.3 Å². The van der Waals surface area contributed by atoms with E-state index in [4.69, 9.17) is 4.74 Å². The number of pyridine rings is 2. The van der Waals surface area contributed by atoms with Crippen LogP contribution in [-0.4, -0.2) is 28.0 Å². The predicted octanol–water partition coefficient (Wildman–Crippen LogP) is 4.36. The highest BCUT2D eigenvalue weighted by atomic mass is 16.5. The number of rotatable bonds is 6. The topological polar surface area (TPSA) is 72.3 Å². The Bertz CT molecular complexity index is 1170. The van der Waals surface area contributed by atoms with E-state index < -0.39 is 0 Å². The van der Waals surface area contributed by atoms with Gasteiger partial charge in [-0.1, -0.05) is 42.5 Å². The zero-order chi connectivity index (χ0) is 20.2. The first-order valence-corrected chi connectivity index (χ1v) is 9.31. The number of aromatic hydroxyl groups is 1. The lowest BCUT2D eigenvalue weighted by atomic mass is 10.0. The molecule has 0 aliphatic rings. The highest BCUT2D eigenvalue weighted by molar-refractivity contribution is 5.98. The van der Waals surface area contributed by atoms with E-state index in [0.717, 1.165) is 17.3 Å². The van der Waals surface area contributed by atoms with Crippen LogP contribution in [0.4, 0.5) is 0 Å². The van der Waals surface area contributed by atoms with Gasteiger partial charge in [-0.25, -0.2) is 4.98 Å². The molecule has 4 rings (SSSR count). The van der Waals surface area contributed by atoms with Crippen LogP contribution in [0.25, 0.3) is 10.9 Å². The van der Waals surface area contributed by atoms with Crippen molar-refractivity contribution in [2.75, 3.05) is 7.11 Å². The van der Waals surface area contributed by atoms with Crippen LogP contribution in [0.3, 0.4) is 0 Å². The van der Waals surface area contributed by atoms with Gasteiger partial charge in [-0.3, -0.25) is 9.78 Å². The minimum absolute atomic E-state index is 0.00976. The van der Waals surface area contributed by atoms with Crippen LogP contribution >= 0.6 is 0 Å². The lowest BCUT2D eigenvalue weighted by Gasteiger charge is -2.08. The van der Waals surface area contributed by atoms with Gasteiger partial charge in [0.05, 0.1) is 19.0 Å². The summed E-state index contributed by atoms with van der Waals surface area (Å²) in [5.41, 5.74) is 3.91. The zero-order valence-corrected chi connectivity index (χ0v) is 16.0. The van der Waals surface area contributed by atoms with Crippen molar-refractivity contribution in [3.8, 4) is 11.5 Å². The van der Waals surface area contributed by atoms with Crippen molar-refractivity contribution in [1.82, 2.24) is 9.97 Å². The molecule has 0 bridgehead atoms. The average molecular weight is 384 g/mol. The lowest BCUT2D eigenvalue weighted by molar-refractivity contribution is 0.0983. The molecule has 5 heteroatoms. The van der Waals surface area contributed by atoms with E-state index in [1.807, 2.05) is 36.4 Å². The van der Waals surface area contributed by atoms with E-state index >= 15 is 0 Å². The van der Waals surface area contributed by atoms with Crippen molar-refractivity contribution in [2.24, 2.45) is 0 Å². The van der Waals surface area contributed by atoms with Crippen molar-refractivity contribution < 1.29 is 14.6 Å². The summed E-state index contributed by atoms with van der Waals surface area (Å²) in [6, 6.07) is 21.8. The first-order valence-electron chi connectivity index (χ1n) is 9.31. The fourth-order valence-corrected chi connectivity index (χ4v) is 3.31. The first kappa shape index (κ1) is 18.6. The summed E-state index contributed by atoms with van der Waals surface area (Å²) in [4.78, 5) is 21.2. The third-order valence-electron chi connectivity index (χ3n) is 4.78. The molecule has 4 aromatic rings. The van der Waals surface area contributed by atoms with Crippen molar-refractivity contribution >= 4 is 16.7 Å². The van der Waals surface area contributed by atoms with Gasteiger partial charge in [0.25, 0.3) is 0 Å². The molecule has 29 heavy (non-hydrogen) atoms. The molecule has 1 N–H and O–H groups in total. The fourth-order valence-electron chi connectivity index (χ4n) is 3.31. The van der Waals surface area contributed by atoms with Crippen LogP contribution in [-0.2, 0) is 12.8 Å². The SMILES string of the molecule is COc1ccnc(C(=O)Cc2ccc3cc(Cc4ccccc4)ccc3n2)c1O. The number of Topliss-reactive ketones (excluding diaryl/α,β-unsaturated/α-hetero) is 1. The van der Waals surface area contributed by atoms with Crippen molar-refractivity contribution in [3.05, 3.63) is 95.4 Å². The first-order chi connectivity index (χ1) is 14.1. The van der Waals surface area contributed by atoms with Gasteiger partial charge in [0.1, 0.15) is 0 Å². The Morgan fingerprint density at radius 2 is 1.83 bits per heavy atom. The Morgan fingerprint density at radius 1 is 1.00 bits per heavy atom. The quantitative estimate of drug-likeness (QED) is 0.500. The number of nitrogens with zero attached hydrogens (tertiary/aromatic N) is 2. The summed E-state index contributed by atoms with van der Waals surface area (Å²) < 4.78 is 5.04. The van der Waals surface area contributed by atoms with Crippen LogP contribution in [0.5, 0.6) is 11.5 Å². The average Bonchev–Trinajstić information content (AvgIpc) is 2.74. The molecule has 0 aliphatic carbocycles. The molecule has 0 radical (unpaired) electrons. The summed E-state index contributed by atoms with van der Waals surface area (Å²) in [5.74, 6) is -0.332. The normalized spacial score (nSPS) is 10.8. The molecule has 0 spiro atoms. The van der Waals surface area contributed by atoms with Crippen molar-refractivity contribution in [2.45, 2.75) is 12.8 Å². The van der Waals surface area contributed by atoms with Gasteiger partial charge in [0.2, 0.25) is 0 Å². The summed E-state index contributed by atoms with van der Waals surface area (Å²) in [6.07, 6.45) is 2.35. The molecule has 0 amide bonds. The maximum absolute atomic E-state index is 12.6. The van der Waals surface area contributed by atoms with Crippen molar-refractivity contribution in [1.29, 1.82) is 0 Å². The molecule has 0 atom stereocenters. The van der Waals surface area contributed by atoms with E-state index in [9.17, 15) is 9.90 Å². The fraction of sp³-hybridized carbons (Fsp3) is 0.125. The van der Waals surface area contributed by atoms with Crippen LogP contribution < -0.4 is 4.74 Å². The third kappa shape index (κ3) is 4.09. The van der Waals surface area contributed by atoms with Gasteiger partial charge in [0.15, 0.2) is 23.0 Å². The van der Waals surface area contributed by atoms with E-state index in [0.29, 0.717) is 5.69 Å².